The molecule has 2 nitrogen and oxygen atoms in total. The summed E-state index contributed by atoms with van der Waals surface area (Å²) >= 11 is 6.73. The van der Waals surface area contributed by atoms with Gasteiger partial charge in [-0.1, -0.05) is 55.4 Å². The number of hydrogen-bond acceptors (Lipinski definition) is 3. The molecule has 0 bridgehead atoms. The minimum absolute atomic E-state index is 0.00113. The van der Waals surface area contributed by atoms with Crippen LogP contribution in [-0.4, -0.2) is 21.2 Å². The van der Waals surface area contributed by atoms with Gasteiger partial charge < -0.3 is 0 Å². The highest BCUT2D eigenvalue weighted by atomic mass is 32.2. The van der Waals surface area contributed by atoms with Gasteiger partial charge in [0.1, 0.15) is 10.1 Å². The second-order valence-corrected chi connectivity index (χ2v) is 7.07. The number of thiocarbonyl (C=S) groups is 1. The van der Waals surface area contributed by atoms with Crippen LogP contribution in [0.25, 0.3) is 6.08 Å². The van der Waals surface area contributed by atoms with Gasteiger partial charge in [-0.2, -0.15) is 0 Å². The van der Waals surface area contributed by atoms with Gasteiger partial charge in [-0.25, -0.2) is 4.39 Å². The Hall–Kier alpha value is -1.20. The van der Waals surface area contributed by atoms with Crippen LogP contribution < -0.4 is 0 Å². The molecule has 1 aliphatic heterocycles. The zero-order chi connectivity index (χ0) is 14.8. The van der Waals surface area contributed by atoms with Crippen molar-refractivity contribution in [2.24, 2.45) is 0 Å². The van der Waals surface area contributed by atoms with Gasteiger partial charge in [-0.3, -0.25) is 9.69 Å². The zero-order valence-electron chi connectivity index (χ0n) is 11.5. The first kappa shape index (κ1) is 14.7. The third-order valence-corrected chi connectivity index (χ3v) is 5.26. The Kier molecular flexibility index (Phi) is 4.40. The summed E-state index contributed by atoms with van der Waals surface area (Å²) in [6.07, 6.45) is 7.45. The third-order valence-electron chi connectivity index (χ3n) is 3.93. The van der Waals surface area contributed by atoms with E-state index in [0.29, 0.717) is 9.23 Å². The molecule has 0 aromatic heterocycles. The van der Waals surface area contributed by atoms with Crippen LogP contribution in [-0.2, 0) is 4.79 Å². The van der Waals surface area contributed by atoms with E-state index in [1.165, 1.54) is 43.2 Å². The van der Waals surface area contributed by atoms with Gasteiger partial charge in [0.15, 0.2) is 0 Å². The Bertz CT molecular complexity index is 591. The first-order valence-corrected chi connectivity index (χ1v) is 8.40. The van der Waals surface area contributed by atoms with Gasteiger partial charge in [-0.05, 0) is 36.6 Å². The maximum atomic E-state index is 12.9. The smallest absolute Gasteiger partial charge is 0.266 e. The summed E-state index contributed by atoms with van der Waals surface area (Å²) in [5.74, 6) is -0.275. The zero-order valence-corrected chi connectivity index (χ0v) is 13.2. The van der Waals surface area contributed by atoms with Crippen LogP contribution in [0.3, 0.4) is 0 Å². The minimum atomic E-state index is -0.276. The van der Waals surface area contributed by atoms with Crippen molar-refractivity contribution in [3.8, 4) is 0 Å². The van der Waals surface area contributed by atoms with E-state index in [2.05, 4.69) is 0 Å². The molecule has 0 N–H and O–H groups in total. The third kappa shape index (κ3) is 3.19. The SMILES string of the molecule is O=C1/C(=C/c2ccc(F)cc2)SC(=S)N1C1CCCCC1. The Labute approximate surface area is 133 Å². The van der Waals surface area contributed by atoms with Crippen LogP contribution in [0.4, 0.5) is 4.39 Å². The molecule has 0 radical (unpaired) electrons. The average molecular weight is 321 g/mol. The summed E-state index contributed by atoms with van der Waals surface area (Å²) < 4.78 is 13.6. The second kappa shape index (κ2) is 6.28. The number of amides is 1. The van der Waals surface area contributed by atoms with Crippen molar-refractivity contribution in [1.82, 2.24) is 4.90 Å². The maximum Gasteiger partial charge on any atom is 0.266 e. The number of hydrogen-bond donors (Lipinski definition) is 0. The highest BCUT2D eigenvalue weighted by Gasteiger charge is 2.37. The lowest BCUT2D eigenvalue weighted by Gasteiger charge is -2.29. The van der Waals surface area contributed by atoms with Crippen LogP contribution in [0.5, 0.6) is 0 Å². The van der Waals surface area contributed by atoms with Crippen molar-refractivity contribution < 1.29 is 9.18 Å². The first-order valence-electron chi connectivity index (χ1n) is 7.18. The summed E-state index contributed by atoms with van der Waals surface area (Å²) in [4.78, 5) is 15.0. The van der Waals surface area contributed by atoms with Crippen molar-refractivity contribution in [3.05, 3.63) is 40.6 Å². The van der Waals surface area contributed by atoms with E-state index in [-0.39, 0.29) is 17.8 Å². The highest BCUT2D eigenvalue weighted by Crippen LogP contribution is 2.37. The average Bonchev–Trinajstić information content (AvgIpc) is 2.77. The molecule has 110 valence electrons. The van der Waals surface area contributed by atoms with E-state index < -0.39 is 0 Å². The standard InChI is InChI=1S/C16H16FNOS2/c17-12-8-6-11(7-9-12)10-14-15(19)18(16(20)21-14)13-4-2-1-3-5-13/h6-10,13H,1-5H2/b14-10-. The monoisotopic (exact) mass is 321 g/mol. The fraction of sp³-hybridized carbons (Fsp3) is 0.375. The first-order chi connectivity index (χ1) is 10.1. The van der Waals surface area contributed by atoms with E-state index >= 15 is 0 Å². The number of halogens is 1. The van der Waals surface area contributed by atoms with E-state index in [4.69, 9.17) is 12.2 Å². The maximum absolute atomic E-state index is 12.9. The summed E-state index contributed by atoms with van der Waals surface area (Å²) in [5.41, 5.74) is 0.820. The molecule has 1 aliphatic carbocycles. The highest BCUT2D eigenvalue weighted by molar-refractivity contribution is 8.26. The number of benzene rings is 1. The molecule has 1 heterocycles. The molecule has 1 saturated heterocycles. The van der Waals surface area contributed by atoms with Crippen molar-refractivity contribution in [1.29, 1.82) is 0 Å². The summed E-state index contributed by atoms with van der Waals surface area (Å²) in [6, 6.07) is 6.39. The van der Waals surface area contributed by atoms with Gasteiger partial charge >= 0.3 is 0 Å². The number of carbonyl (C=O) groups excluding carboxylic acids is 1. The van der Waals surface area contributed by atoms with E-state index in [1.807, 2.05) is 0 Å². The quantitative estimate of drug-likeness (QED) is 0.596. The van der Waals surface area contributed by atoms with Gasteiger partial charge in [0, 0.05) is 6.04 Å². The number of nitrogens with zero attached hydrogens (tertiary/aromatic N) is 1. The van der Waals surface area contributed by atoms with Crippen LogP contribution >= 0.6 is 24.0 Å². The summed E-state index contributed by atoms with van der Waals surface area (Å²) in [7, 11) is 0. The largest absolute Gasteiger partial charge is 0.290 e. The molecule has 1 aromatic carbocycles. The van der Waals surface area contributed by atoms with Gasteiger partial charge in [-0.15, -0.1) is 0 Å². The van der Waals surface area contributed by atoms with Crippen LogP contribution in [0, 0.1) is 5.82 Å². The minimum Gasteiger partial charge on any atom is -0.290 e. The molecule has 0 unspecified atom stereocenters. The molecule has 5 heteroatoms. The normalized spacial score (nSPS) is 22.3. The Morgan fingerprint density at radius 2 is 1.86 bits per heavy atom. The fourth-order valence-corrected chi connectivity index (χ4v) is 4.24. The van der Waals surface area contributed by atoms with Crippen molar-refractivity contribution in [2.45, 2.75) is 38.1 Å². The predicted molar refractivity (Wildman–Crippen MR) is 88.3 cm³/mol. The lowest BCUT2D eigenvalue weighted by molar-refractivity contribution is -0.124. The predicted octanol–water partition coefficient (Wildman–Crippen LogP) is 4.36. The van der Waals surface area contributed by atoms with E-state index in [9.17, 15) is 9.18 Å². The molecular formula is C16H16FNOS2. The van der Waals surface area contributed by atoms with Crippen molar-refractivity contribution in [2.75, 3.05) is 0 Å². The van der Waals surface area contributed by atoms with Crippen LogP contribution in [0.15, 0.2) is 29.2 Å². The van der Waals surface area contributed by atoms with E-state index in [0.717, 1.165) is 18.4 Å². The second-order valence-electron chi connectivity index (χ2n) is 5.40. The molecule has 1 amide bonds. The summed E-state index contributed by atoms with van der Waals surface area (Å²) in [6.45, 7) is 0. The molecule has 1 aromatic rings. The Balaban J connectivity index is 1.80. The molecular weight excluding hydrogens is 305 g/mol. The topological polar surface area (TPSA) is 20.3 Å². The molecule has 3 rings (SSSR count). The molecule has 1 saturated carbocycles. The Morgan fingerprint density at radius 1 is 1.19 bits per heavy atom. The lowest BCUT2D eigenvalue weighted by Crippen LogP contribution is -2.39. The molecule has 2 aliphatic rings. The Morgan fingerprint density at radius 3 is 2.52 bits per heavy atom. The van der Waals surface area contributed by atoms with Crippen LogP contribution in [0.2, 0.25) is 0 Å². The molecule has 0 spiro atoms. The molecule has 21 heavy (non-hydrogen) atoms. The van der Waals surface area contributed by atoms with Gasteiger partial charge in [0.2, 0.25) is 0 Å². The molecule has 2 fully saturated rings. The van der Waals surface area contributed by atoms with Crippen molar-refractivity contribution in [3.63, 3.8) is 0 Å². The number of rotatable bonds is 2. The lowest BCUT2D eigenvalue weighted by atomic mass is 9.94. The van der Waals surface area contributed by atoms with Crippen LogP contribution in [0.1, 0.15) is 37.7 Å². The number of carbonyl (C=O) groups is 1. The molecule has 0 atom stereocenters. The number of thioether (sulfide) groups is 1. The van der Waals surface area contributed by atoms with E-state index in [1.54, 1.807) is 23.1 Å². The summed E-state index contributed by atoms with van der Waals surface area (Å²) in [5, 5.41) is 0. The van der Waals surface area contributed by atoms with Crippen molar-refractivity contribution >= 4 is 40.3 Å². The fourth-order valence-electron chi connectivity index (χ4n) is 2.84. The van der Waals surface area contributed by atoms with Gasteiger partial charge in [0.05, 0.1) is 4.91 Å². The van der Waals surface area contributed by atoms with Gasteiger partial charge in [0.25, 0.3) is 5.91 Å².